The highest BCUT2D eigenvalue weighted by Crippen LogP contribution is 2.26. The molecular formula is C18H18N2O4. The molecule has 0 spiro atoms. The molecule has 24 heavy (non-hydrogen) atoms. The van der Waals surface area contributed by atoms with E-state index in [2.05, 4.69) is 0 Å². The smallest absolute Gasteiger partial charge is 0.289 e. The molecule has 6 heteroatoms. The van der Waals surface area contributed by atoms with Crippen molar-refractivity contribution < 1.29 is 18.7 Å². The van der Waals surface area contributed by atoms with Gasteiger partial charge in [0.1, 0.15) is 5.75 Å². The number of amides is 2. The quantitative estimate of drug-likeness (QED) is 0.844. The van der Waals surface area contributed by atoms with Crippen LogP contribution in [-0.2, 0) is 6.42 Å². The predicted molar refractivity (Wildman–Crippen MR) is 86.2 cm³/mol. The van der Waals surface area contributed by atoms with Gasteiger partial charge in [0.15, 0.2) is 5.76 Å². The third kappa shape index (κ3) is 2.64. The average Bonchev–Trinajstić information content (AvgIpc) is 3.31. The predicted octanol–water partition coefficient (Wildman–Crippen LogP) is 1.81. The molecule has 2 aliphatic rings. The number of piperazine rings is 1. The summed E-state index contributed by atoms with van der Waals surface area (Å²) in [6, 6.07) is 8.96. The van der Waals surface area contributed by atoms with Gasteiger partial charge >= 0.3 is 0 Å². The third-order valence-electron chi connectivity index (χ3n) is 4.52. The van der Waals surface area contributed by atoms with E-state index in [9.17, 15) is 9.59 Å². The first-order valence-electron chi connectivity index (χ1n) is 8.10. The Kier molecular flexibility index (Phi) is 3.72. The van der Waals surface area contributed by atoms with E-state index in [0.29, 0.717) is 44.1 Å². The van der Waals surface area contributed by atoms with Gasteiger partial charge in [-0.15, -0.1) is 0 Å². The highest BCUT2D eigenvalue weighted by atomic mass is 16.5. The number of carbonyl (C=O) groups is 2. The van der Waals surface area contributed by atoms with Crippen LogP contribution in [0.3, 0.4) is 0 Å². The Balaban J connectivity index is 1.40. The summed E-state index contributed by atoms with van der Waals surface area (Å²) in [5, 5.41) is 0. The van der Waals surface area contributed by atoms with Crippen molar-refractivity contribution in [2.75, 3.05) is 32.8 Å². The van der Waals surface area contributed by atoms with Gasteiger partial charge in [0.25, 0.3) is 11.8 Å². The Labute approximate surface area is 139 Å². The van der Waals surface area contributed by atoms with E-state index in [1.54, 1.807) is 21.9 Å². The summed E-state index contributed by atoms with van der Waals surface area (Å²) in [7, 11) is 0. The Bertz CT molecular complexity index is 761. The second-order valence-electron chi connectivity index (χ2n) is 5.98. The van der Waals surface area contributed by atoms with Crippen molar-refractivity contribution in [1.29, 1.82) is 0 Å². The van der Waals surface area contributed by atoms with Gasteiger partial charge in [-0.2, -0.15) is 0 Å². The number of carbonyl (C=O) groups excluding carboxylic acids is 2. The molecule has 0 unspecified atom stereocenters. The zero-order valence-corrected chi connectivity index (χ0v) is 13.2. The van der Waals surface area contributed by atoms with Crippen molar-refractivity contribution in [3.8, 4) is 5.75 Å². The molecule has 2 aliphatic heterocycles. The van der Waals surface area contributed by atoms with Crippen LogP contribution in [0.4, 0.5) is 0 Å². The summed E-state index contributed by atoms with van der Waals surface area (Å²) < 4.78 is 10.6. The van der Waals surface area contributed by atoms with Crippen LogP contribution in [0.1, 0.15) is 26.5 Å². The van der Waals surface area contributed by atoms with Crippen molar-refractivity contribution >= 4 is 11.8 Å². The summed E-state index contributed by atoms with van der Waals surface area (Å²) in [5.74, 6) is 1.10. The molecule has 2 amide bonds. The molecule has 1 aromatic carbocycles. The maximum absolute atomic E-state index is 12.7. The van der Waals surface area contributed by atoms with Gasteiger partial charge < -0.3 is 19.0 Å². The van der Waals surface area contributed by atoms with Gasteiger partial charge in [0, 0.05) is 38.2 Å². The molecule has 0 atom stereocenters. The van der Waals surface area contributed by atoms with Crippen molar-refractivity contribution in [3.63, 3.8) is 0 Å². The van der Waals surface area contributed by atoms with Gasteiger partial charge in [-0.05, 0) is 35.9 Å². The second-order valence-corrected chi connectivity index (χ2v) is 5.98. The number of furan rings is 1. The number of hydrogen-bond donors (Lipinski definition) is 0. The Morgan fingerprint density at radius 3 is 2.42 bits per heavy atom. The fraction of sp³-hybridized carbons (Fsp3) is 0.333. The third-order valence-corrected chi connectivity index (χ3v) is 4.52. The number of benzene rings is 1. The van der Waals surface area contributed by atoms with Crippen LogP contribution in [0, 0.1) is 0 Å². The molecule has 0 bridgehead atoms. The standard InChI is InChI=1S/C18H18N2O4/c21-17(14-3-4-15-13(12-14)5-11-24-15)19-6-8-20(9-7-19)18(22)16-2-1-10-23-16/h1-4,10,12H,5-9,11H2. The number of nitrogens with zero attached hydrogens (tertiary/aromatic N) is 2. The lowest BCUT2D eigenvalue weighted by Crippen LogP contribution is -2.50. The van der Waals surface area contributed by atoms with Crippen LogP contribution in [0.25, 0.3) is 0 Å². The molecular weight excluding hydrogens is 308 g/mol. The fourth-order valence-electron chi connectivity index (χ4n) is 3.17. The second kappa shape index (κ2) is 6.03. The van der Waals surface area contributed by atoms with E-state index >= 15 is 0 Å². The number of ether oxygens (including phenoxy) is 1. The highest BCUT2D eigenvalue weighted by Gasteiger charge is 2.27. The van der Waals surface area contributed by atoms with Crippen LogP contribution in [-0.4, -0.2) is 54.4 Å². The molecule has 4 rings (SSSR count). The van der Waals surface area contributed by atoms with E-state index in [0.717, 1.165) is 17.7 Å². The van der Waals surface area contributed by atoms with Crippen LogP contribution >= 0.6 is 0 Å². The van der Waals surface area contributed by atoms with E-state index in [1.807, 2.05) is 18.2 Å². The van der Waals surface area contributed by atoms with Gasteiger partial charge in [0.05, 0.1) is 12.9 Å². The first kappa shape index (κ1) is 14.8. The first-order valence-corrected chi connectivity index (χ1v) is 8.10. The zero-order valence-electron chi connectivity index (χ0n) is 13.2. The molecule has 1 fully saturated rings. The SMILES string of the molecule is O=C(c1ccc2c(c1)CCO2)N1CCN(C(=O)c2ccco2)CC1. The molecule has 0 radical (unpaired) electrons. The lowest BCUT2D eigenvalue weighted by Gasteiger charge is -2.34. The highest BCUT2D eigenvalue weighted by molar-refractivity contribution is 5.95. The molecule has 3 heterocycles. The normalized spacial score (nSPS) is 16.7. The van der Waals surface area contributed by atoms with Gasteiger partial charge in [-0.25, -0.2) is 0 Å². The molecule has 124 valence electrons. The van der Waals surface area contributed by atoms with E-state index in [4.69, 9.17) is 9.15 Å². The van der Waals surface area contributed by atoms with Crippen molar-refractivity contribution in [2.24, 2.45) is 0 Å². The Hall–Kier alpha value is -2.76. The van der Waals surface area contributed by atoms with E-state index < -0.39 is 0 Å². The van der Waals surface area contributed by atoms with Crippen molar-refractivity contribution in [3.05, 3.63) is 53.5 Å². The summed E-state index contributed by atoms with van der Waals surface area (Å²) in [5.41, 5.74) is 1.78. The monoisotopic (exact) mass is 326 g/mol. The molecule has 2 aromatic rings. The van der Waals surface area contributed by atoms with Gasteiger partial charge in [-0.3, -0.25) is 9.59 Å². The van der Waals surface area contributed by atoms with Crippen LogP contribution < -0.4 is 4.74 Å². The summed E-state index contributed by atoms with van der Waals surface area (Å²) in [6.07, 6.45) is 2.34. The molecule has 0 saturated carbocycles. The molecule has 1 aromatic heterocycles. The molecule has 6 nitrogen and oxygen atoms in total. The van der Waals surface area contributed by atoms with Gasteiger partial charge in [0.2, 0.25) is 0 Å². The largest absolute Gasteiger partial charge is 0.493 e. The minimum Gasteiger partial charge on any atom is -0.493 e. The Morgan fingerprint density at radius 2 is 1.71 bits per heavy atom. The topological polar surface area (TPSA) is 63.0 Å². The van der Waals surface area contributed by atoms with Crippen molar-refractivity contribution in [1.82, 2.24) is 9.80 Å². The summed E-state index contributed by atoms with van der Waals surface area (Å²) in [4.78, 5) is 28.4. The van der Waals surface area contributed by atoms with Crippen molar-refractivity contribution in [2.45, 2.75) is 6.42 Å². The van der Waals surface area contributed by atoms with E-state index in [1.165, 1.54) is 6.26 Å². The molecule has 0 aliphatic carbocycles. The minimum atomic E-state index is -0.123. The number of fused-ring (bicyclic) bond motifs is 1. The molecule has 1 saturated heterocycles. The van der Waals surface area contributed by atoms with Gasteiger partial charge in [-0.1, -0.05) is 0 Å². The van der Waals surface area contributed by atoms with Crippen LogP contribution in [0.15, 0.2) is 41.0 Å². The summed E-state index contributed by atoms with van der Waals surface area (Å²) >= 11 is 0. The lowest BCUT2D eigenvalue weighted by molar-refractivity contribution is 0.0518. The van der Waals surface area contributed by atoms with E-state index in [-0.39, 0.29) is 11.8 Å². The maximum atomic E-state index is 12.7. The van der Waals surface area contributed by atoms with Crippen LogP contribution in [0.5, 0.6) is 5.75 Å². The lowest BCUT2D eigenvalue weighted by atomic mass is 10.1. The molecule has 0 N–H and O–H groups in total. The number of hydrogen-bond acceptors (Lipinski definition) is 4. The average molecular weight is 326 g/mol. The maximum Gasteiger partial charge on any atom is 0.289 e. The van der Waals surface area contributed by atoms with Crippen LogP contribution in [0.2, 0.25) is 0 Å². The zero-order chi connectivity index (χ0) is 16.5. The number of rotatable bonds is 2. The Morgan fingerprint density at radius 1 is 0.958 bits per heavy atom. The summed E-state index contributed by atoms with van der Waals surface area (Å²) in [6.45, 7) is 2.76. The minimum absolute atomic E-state index is 0.00907. The fourth-order valence-corrected chi connectivity index (χ4v) is 3.17. The first-order chi connectivity index (χ1) is 11.7.